The van der Waals surface area contributed by atoms with Crippen molar-refractivity contribution >= 4 is 16.7 Å². The molecule has 17 heavy (non-hydrogen) atoms. The number of halogens is 3. The van der Waals surface area contributed by atoms with Crippen molar-refractivity contribution < 1.29 is 17.9 Å². The van der Waals surface area contributed by atoms with E-state index in [1.807, 2.05) is 0 Å². The maximum Gasteiger partial charge on any atom is 0.452 e. The second kappa shape index (κ2) is 5.18. The van der Waals surface area contributed by atoms with Crippen LogP contribution in [0.4, 0.5) is 18.3 Å². The van der Waals surface area contributed by atoms with Crippen LogP contribution in [0.3, 0.4) is 0 Å². The van der Waals surface area contributed by atoms with Crippen molar-refractivity contribution in [2.24, 2.45) is 0 Å². The van der Waals surface area contributed by atoms with Gasteiger partial charge in [0.25, 0.3) is 0 Å². The van der Waals surface area contributed by atoms with Gasteiger partial charge in [-0.15, -0.1) is 0 Å². The first kappa shape index (κ1) is 12.6. The van der Waals surface area contributed by atoms with Gasteiger partial charge in [0.1, 0.15) is 0 Å². The van der Waals surface area contributed by atoms with Gasteiger partial charge < -0.3 is 10.1 Å². The van der Waals surface area contributed by atoms with Gasteiger partial charge in [-0.25, -0.2) is 0 Å². The molecule has 1 fully saturated rings. The third-order valence-corrected chi connectivity index (χ3v) is 3.11. The number of alkyl halides is 3. The van der Waals surface area contributed by atoms with Gasteiger partial charge in [-0.3, -0.25) is 0 Å². The molecule has 96 valence electrons. The topological polar surface area (TPSA) is 47.0 Å². The van der Waals surface area contributed by atoms with Crippen LogP contribution in [0.15, 0.2) is 0 Å². The van der Waals surface area contributed by atoms with E-state index in [2.05, 4.69) is 14.7 Å². The van der Waals surface area contributed by atoms with Gasteiger partial charge in [-0.1, -0.05) is 0 Å². The van der Waals surface area contributed by atoms with Gasteiger partial charge in [0.15, 0.2) is 0 Å². The average molecular weight is 267 g/mol. The number of nitrogens with one attached hydrogen (secondary N) is 1. The van der Waals surface area contributed by atoms with Crippen LogP contribution in [-0.2, 0) is 10.9 Å². The Bertz CT molecular complexity index is 363. The van der Waals surface area contributed by atoms with E-state index in [4.69, 9.17) is 4.74 Å². The monoisotopic (exact) mass is 267 g/mol. The van der Waals surface area contributed by atoms with E-state index < -0.39 is 12.0 Å². The Kier molecular flexibility index (Phi) is 3.82. The molecular formula is C9H12F3N3OS. The van der Waals surface area contributed by atoms with Gasteiger partial charge >= 0.3 is 6.18 Å². The lowest BCUT2D eigenvalue weighted by Crippen LogP contribution is -2.26. The zero-order valence-electron chi connectivity index (χ0n) is 8.96. The molecule has 0 amide bonds. The first-order valence-electron chi connectivity index (χ1n) is 5.32. The molecule has 0 aromatic carbocycles. The second-order valence-electron chi connectivity index (χ2n) is 3.79. The fourth-order valence-corrected chi connectivity index (χ4v) is 2.17. The van der Waals surface area contributed by atoms with Crippen molar-refractivity contribution in [3.05, 3.63) is 5.82 Å². The summed E-state index contributed by atoms with van der Waals surface area (Å²) in [6, 6.07) is 0. The summed E-state index contributed by atoms with van der Waals surface area (Å²) in [5.74, 6) is -1.09. The number of ether oxygens (including phenoxy) is 1. The molecule has 1 saturated heterocycles. The summed E-state index contributed by atoms with van der Waals surface area (Å²) in [6.07, 6.45) is -1.35. The van der Waals surface area contributed by atoms with Crippen molar-refractivity contribution in [1.29, 1.82) is 0 Å². The molecule has 1 aromatic rings. The second-order valence-corrected chi connectivity index (χ2v) is 4.54. The zero-order chi connectivity index (χ0) is 12.3. The van der Waals surface area contributed by atoms with E-state index in [0.29, 0.717) is 6.54 Å². The number of rotatable bonds is 3. The van der Waals surface area contributed by atoms with Crippen LogP contribution in [0.2, 0.25) is 0 Å². The van der Waals surface area contributed by atoms with Crippen LogP contribution in [0.25, 0.3) is 0 Å². The van der Waals surface area contributed by atoms with Gasteiger partial charge in [0.2, 0.25) is 11.0 Å². The van der Waals surface area contributed by atoms with Gasteiger partial charge in [0.05, 0.1) is 6.10 Å². The van der Waals surface area contributed by atoms with Crippen LogP contribution >= 0.6 is 11.5 Å². The first-order chi connectivity index (χ1) is 8.05. The minimum absolute atomic E-state index is 0.0574. The highest BCUT2D eigenvalue weighted by Gasteiger charge is 2.36. The van der Waals surface area contributed by atoms with Crippen molar-refractivity contribution in [1.82, 2.24) is 9.36 Å². The highest BCUT2D eigenvalue weighted by atomic mass is 32.1. The molecule has 4 nitrogen and oxygen atoms in total. The third-order valence-electron chi connectivity index (χ3n) is 2.43. The van der Waals surface area contributed by atoms with E-state index in [9.17, 15) is 13.2 Å². The summed E-state index contributed by atoms with van der Waals surface area (Å²) in [5, 5.41) is 3.01. The number of nitrogens with zero attached hydrogens (tertiary/aromatic N) is 2. The molecule has 1 aliphatic rings. The smallest absolute Gasteiger partial charge is 0.376 e. The van der Waals surface area contributed by atoms with Gasteiger partial charge in [-0.2, -0.15) is 22.5 Å². The summed E-state index contributed by atoms with van der Waals surface area (Å²) in [6.45, 7) is 1.20. The number of hydrogen-bond acceptors (Lipinski definition) is 5. The predicted octanol–water partition coefficient (Wildman–Crippen LogP) is 2.54. The Labute approximate surface area is 100 Å². The summed E-state index contributed by atoms with van der Waals surface area (Å²) >= 11 is 0.717. The molecule has 1 unspecified atom stereocenters. The minimum atomic E-state index is -4.47. The number of aromatic nitrogens is 2. The number of anilines is 1. The third kappa shape index (κ3) is 3.53. The SMILES string of the molecule is FC(F)(F)c1nsc(NCC2CCCCO2)n1. The molecule has 0 saturated carbocycles. The van der Waals surface area contributed by atoms with E-state index in [1.54, 1.807) is 0 Å². The van der Waals surface area contributed by atoms with Gasteiger partial charge in [0, 0.05) is 24.7 Å². The van der Waals surface area contributed by atoms with E-state index >= 15 is 0 Å². The zero-order valence-corrected chi connectivity index (χ0v) is 9.77. The van der Waals surface area contributed by atoms with Crippen molar-refractivity contribution in [3.8, 4) is 0 Å². The summed E-state index contributed by atoms with van der Waals surface area (Å²) in [4.78, 5) is 3.38. The molecule has 1 N–H and O–H groups in total. The lowest BCUT2D eigenvalue weighted by Gasteiger charge is -2.22. The fraction of sp³-hybridized carbons (Fsp3) is 0.778. The Morgan fingerprint density at radius 3 is 2.82 bits per heavy atom. The quantitative estimate of drug-likeness (QED) is 0.914. The normalized spacial score (nSPS) is 21.5. The van der Waals surface area contributed by atoms with Crippen LogP contribution < -0.4 is 5.32 Å². The van der Waals surface area contributed by atoms with Crippen molar-refractivity contribution in [2.75, 3.05) is 18.5 Å². The van der Waals surface area contributed by atoms with Crippen LogP contribution in [-0.4, -0.2) is 28.6 Å². The van der Waals surface area contributed by atoms with E-state index in [-0.39, 0.29) is 11.2 Å². The average Bonchev–Trinajstić information content (AvgIpc) is 2.76. The lowest BCUT2D eigenvalue weighted by molar-refractivity contribution is -0.144. The van der Waals surface area contributed by atoms with Crippen LogP contribution in [0.1, 0.15) is 25.1 Å². The van der Waals surface area contributed by atoms with E-state index in [1.165, 1.54) is 0 Å². The maximum atomic E-state index is 12.2. The lowest BCUT2D eigenvalue weighted by atomic mass is 10.1. The molecule has 0 aliphatic carbocycles. The Morgan fingerprint density at radius 1 is 1.41 bits per heavy atom. The largest absolute Gasteiger partial charge is 0.452 e. The van der Waals surface area contributed by atoms with Crippen molar-refractivity contribution in [2.45, 2.75) is 31.5 Å². The molecule has 0 spiro atoms. The van der Waals surface area contributed by atoms with Crippen LogP contribution in [0, 0.1) is 0 Å². The predicted molar refractivity (Wildman–Crippen MR) is 57.0 cm³/mol. The standard InChI is InChI=1S/C9H12F3N3OS/c10-9(11,12)7-14-8(17-15-7)13-5-6-3-1-2-4-16-6/h6H,1-5H2,(H,13,14,15). The van der Waals surface area contributed by atoms with Gasteiger partial charge in [-0.05, 0) is 19.3 Å². The molecule has 2 rings (SSSR count). The number of hydrogen-bond donors (Lipinski definition) is 1. The highest BCUT2D eigenvalue weighted by molar-refractivity contribution is 7.09. The molecule has 1 aliphatic heterocycles. The fourth-order valence-electron chi connectivity index (χ4n) is 1.58. The first-order valence-corrected chi connectivity index (χ1v) is 6.09. The molecule has 0 bridgehead atoms. The Balaban J connectivity index is 1.84. The Morgan fingerprint density at radius 2 is 2.24 bits per heavy atom. The molecule has 8 heteroatoms. The molecular weight excluding hydrogens is 255 g/mol. The highest BCUT2D eigenvalue weighted by Crippen LogP contribution is 2.29. The molecule has 2 heterocycles. The molecule has 1 aromatic heterocycles. The summed E-state index contributed by atoms with van der Waals surface area (Å²) in [5.41, 5.74) is 0. The van der Waals surface area contributed by atoms with Crippen molar-refractivity contribution in [3.63, 3.8) is 0 Å². The minimum Gasteiger partial charge on any atom is -0.376 e. The molecule has 0 radical (unpaired) electrons. The maximum absolute atomic E-state index is 12.2. The van der Waals surface area contributed by atoms with Crippen LogP contribution in [0.5, 0.6) is 0 Å². The summed E-state index contributed by atoms with van der Waals surface area (Å²) < 4.78 is 45.4. The molecule has 1 atom stereocenters. The summed E-state index contributed by atoms with van der Waals surface area (Å²) in [7, 11) is 0. The van der Waals surface area contributed by atoms with E-state index in [0.717, 1.165) is 37.4 Å². The Hall–Kier alpha value is -0.890.